The van der Waals surface area contributed by atoms with E-state index >= 15 is 0 Å². The van der Waals surface area contributed by atoms with E-state index < -0.39 is 18.0 Å². The van der Waals surface area contributed by atoms with E-state index in [-0.39, 0.29) is 10.6 Å². The van der Waals surface area contributed by atoms with Gasteiger partial charge in [0, 0.05) is 11.3 Å². The van der Waals surface area contributed by atoms with Crippen LogP contribution in [0.5, 0.6) is 0 Å². The number of carbonyl (C=O) groups excluding carboxylic acids is 2. The maximum Gasteiger partial charge on any atom is 0.340 e. The zero-order valence-corrected chi connectivity index (χ0v) is 15.4. The van der Waals surface area contributed by atoms with E-state index in [9.17, 15) is 9.59 Å². The number of benzene rings is 3. The lowest BCUT2D eigenvalue weighted by molar-refractivity contribution is -0.125. The van der Waals surface area contributed by atoms with E-state index in [4.69, 9.17) is 16.3 Å². The fraction of sp³-hybridized carbons (Fsp3) is 0.0909. The molecule has 0 aliphatic heterocycles. The molecule has 5 heteroatoms. The van der Waals surface area contributed by atoms with Gasteiger partial charge in [-0.25, -0.2) is 4.79 Å². The van der Waals surface area contributed by atoms with Gasteiger partial charge in [-0.2, -0.15) is 0 Å². The van der Waals surface area contributed by atoms with Crippen molar-refractivity contribution in [2.24, 2.45) is 0 Å². The summed E-state index contributed by atoms with van der Waals surface area (Å²) in [6.45, 7) is 1.96. The molecule has 3 aromatic carbocycles. The maximum atomic E-state index is 12.8. The van der Waals surface area contributed by atoms with Gasteiger partial charge in [0.25, 0.3) is 5.91 Å². The number of carbonyl (C=O) groups is 2. The van der Waals surface area contributed by atoms with Crippen LogP contribution in [0.1, 0.15) is 27.6 Å². The Labute approximate surface area is 162 Å². The van der Waals surface area contributed by atoms with E-state index in [0.29, 0.717) is 11.3 Å². The third kappa shape index (κ3) is 4.74. The highest BCUT2D eigenvalue weighted by atomic mass is 35.5. The van der Waals surface area contributed by atoms with E-state index in [1.807, 2.05) is 25.1 Å². The van der Waals surface area contributed by atoms with Gasteiger partial charge in [-0.15, -0.1) is 0 Å². The molecule has 0 aromatic heterocycles. The number of rotatable bonds is 5. The summed E-state index contributed by atoms with van der Waals surface area (Å²) >= 11 is 6.07. The predicted octanol–water partition coefficient (Wildman–Crippen LogP) is 5.19. The molecule has 4 nitrogen and oxygen atoms in total. The Balaban J connectivity index is 1.85. The Kier molecular flexibility index (Phi) is 5.89. The van der Waals surface area contributed by atoms with Crippen LogP contribution in [0.4, 0.5) is 5.69 Å². The highest BCUT2D eigenvalue weighted by molar-refractivity contribution is 6.33. The van der Waals surface area contributed by atoms with Gasteiger partial charge in [0.1, 0.15) is 0 Å². The van der Waals surface area contributed by atoms with Crippen molar-refractivity contribution >= 4 is 29.2 Å². The highest BCUT2D eigenvalue weighted by Crippen LogP contribution is 2.24. The van der Waals surface area contributed by atoms with Crippen LogP contribution < -0.4 is 5.32 Å². The molecule has 0 saturated carbocycles. The molecule has 1 N–H and O–H groups in total. The fourth-order valence-corrected chi connectivity index (χ4v) is 2.76. The molecule has 0 saturated heterocycles. The fourth-order valence-electron chi connectivity index (χ4n) is 2.54. The average Bonchev–Trinajstić information content (AvgIpc) is 2.68. The number of anilines is 1. The first kappa shape index (κ1) is 18.7. The lowest BCUT2D eigenvalue weighted by Gasteiger charge is -2.18. The molecule has 3 rings (SSSR count). The SMILES string of the molecule is Cc1ccc(NC(=O)C(OC(=O)c2ccccc2Cl)c2ccccc2)cc1. The van der Waals surface area contributed by atoms with E-state index in [1.165, 1.54) is 0 Å². The number of hydrogen-bond donors (Lipinski definition) is 1. The average molecular weight is 380 g/mol. The molecule has 136 valence electrons. The van der Waals surface area contributed by atoms with Crippen molar-refractivity contribution in [1.82, 2.24) is 0 Å². The Morgan fingerprint density at radius 3 is 2.19 bits per heavy atom. The van der Waals surface area contributed by atoms with Crippen LogP contribution in [0.15, 0.2) is 78.9 Å². The Morgan fingerprint density at radius 1 is 0.889 bits per heavy atom. The van der Waals surface area contributed by atoms with Gasteiger partial charge in [-0.05, 0) is 31.2 Å². The zero-order chi connectivity index (χ0) is 19.2. The van der Waals surface area contributed by atoms with Crippen molar-refractivity contribution in [2.75, 3.05) is 5.32 Å². The van der Waals surface area contributed by atoms with E-state index in [1.54, 1.807) is 60.7 Å². The third-order valence-electron chi connectivity index (χ3n) is 3.98. The number of nitrogens with one attached hydrogen (secondary N) is 1. The van der Waals surface area contributed by atoms with Crippen molar-refractivity contribution in [3.8, 4) is 0 Å². The minimum absolute atomic E-state index is 0.211. The molecular weight excluding hydrogens is 362 g/mol. The van der Waals surface area contributed by atoms with Gasteiger partial charge in [-0.3, -0.25) is 4.79 Å². The summed E-state index contributed by atoms with van der Waals surface area (Å²) in [6, 6.07) is 22.8. The smallest absolute Gasteiger partial charge is 0.340 e. The van der Waals surface area contributed by atoms with Crippen LogP contribution in [0, 0.1) is 6.92 Å². The molecule has 0 aliphatic carbocycles. The summed E-state index contributed by atoms with van der Waals surface area (Å²) in [5.74, 6) is -1.10. The molecule has 3 aromatic rings. The summed E-state index contributed by atoms with van der Waals surface area (Å²) < 4.78 is 5.53. The Bertz CT molecular complexity index is 939. The number of amides is 1. The predicted molar refractivity (Wildman–Crippen MR) is 106 cm³/mol. The second kappa shape index (κ2) is 8.52. The third-order valence-corrected chi connectivity index (χ3v) is 4.31. The van der Waals surface area contributed by atoms with Crippen LogP contribution in [-0.2, 0) is 9.53 Å². The largest absolute Gasteiger partial charge is 0.444 e. The second-order valence-electron chi connectivity index (χ2n) is 6.03. The second-order valence-corrected chi connectivity index (χ2v) is 6.44. The first-order valence-corrected chi connectivity index (χ1v) is 8.80. The summed E-state index contributed by atoms with van der Waals surface area (Å²) in [7, 11) is 0. The molecule has 0 radical (unpaired) electrons. The quantitative estimate of drug-likeness (QED) is 0.621. The molecule has 0 bridgehead atoms. The molecular formula is C22H18ClNO3. The molecule has 27 heavy (non-hydrogen) atoms. The van der Waals surface area contributed by atoms with Gasteiger partial charge in [0.05, 0.1) is 10.6 Å². The molecule has 0 spiro atoms. The minimum Gasteiger partial charge on any atom is -0.444 e. The number of halogens is 1. The molecule has 1 atom stereocenters. The lowest BCUT2D eigenvalue weighted by Crippen LogP contribution is -2.26. The van der Waals surface area contributed by atoms with Gasteiger partial charge in [0.15, 0.2) is 0 Å². The van der Waals surface area contributed by atoms with Gasteiger partial charge in [-0.1, -0.05) is 71.8 Å². The first-order chi connectivity index (χ1) is 13.0. The molecule has 0 aliphatic rings. The highest BCUT2D eigenvalue weighted by Gasteiger charge is 2.26. The van der Waals surface area contributed by atoms with Crippen molar-refractivity contribution in [2.45, 2.75) is 13.0 Å². The zero-order valence-electron chi connectivity index (χ0n) is 14.7. The van der Waals surface area contributed by atoms with Crippen molar-refractivity contribution in [1.29, 1.82) is 0 Å². The monoisotopic (exact) mass is 379 g/mol. The summed E-state index contributed by atoms with van der Waals surface area (Å²) in [5.41, 5.74) is 2.49. The number of aryl methyl sites for hydroxylation is 1. The Hall–Kier alpha value is -3.11. The number of esters is 1. The molecule has 1 unspecified atom stereocenters. The van der Waals surface area contributed by atoms with Crippen molar-refractivity contribution in [3.63, 3.8) is 0 Å². The topological polar surface area (TPSA) is 55.4 Å². The summed E-state index contributed by atoms with van der Waals surface area (Å²) in [6.07, 6.45) is -1.10. The lowest BCUT2D eigenvalue weighted by atomic mass is 10.1. The Morgan fingerprint density at radius 2 is 1.52 bits per heavy atom. The van der Waals surface area contributed by atoms with Crippen LogP contribution >= 0.6 is 11.6 Å². The number of hydrogen-bond acceptors (Lipinski definition) is 3. The first-order valence-electron chi connectivity index (χ1n) is 8.42. The van der Waals surface area contributed by atoms with Crippen molar-refractivity contribution < 1.29 is 14.3 Å². The summed E-state index contributed by atoms with van der Waals surface area (Å²) in [4.78, 5) is 25.4. The minimum atomic E-state index is -1.10. The molecule has 0 fully saturated rings. The molecule has 0 heterocycles. The van der Waals surface area contributed by atoms with Gasteiger partial charge >= 0.3 is 5.97 Å². The van der Waals surface area contributed by atoms with Crippen LogP contribution in [0.3, 0.4) is 0 Å². The van der Waals surface area contributed by atoms with Gasteiger partial charge < -0.3 is 10.1 Å². The normalized spacial score (nSPS) is 11.5. The van der Waals surface area contributed by atoms with Crippen LogP contribution in [-0.4, -0.2) is 11.9 Å². The maximum absolute atomic E-state index is 12.8. The van der Waals surface area contributed by atoms with E-state index in [0.717, 1.165) is 5.56 Å². The van der Waals surface area contributed by atoms with Crippen LogP contribution in [0.25, 0.3) is 0 Å². The molecule has 1 amide bonds. The number of ether oxygens (including phenoxy) is 1. The van der Waals surface area contributed by atoms with E-state index in [2.05, 4.69) is 5.32 Å². The van der Waals surface area contributed by atoms with Crippen LogP contribution in [0.2, 0.25) is 5.02 Å². The standard InChI is InChI=1S/C22H18ClNO3/c1-15-11-13-17(14-12-15)24-21(25)20(16-7-3-2-4-8-16)27-22(26)18-9-5-6-10-19(18)23/h2-14,20H,1H3,(H,24,25). The van der Waals surface area contributed by atoms with Gasteiger partial charge in [0.2, 0.25) is 6.10 Å². The van der Waals surface area contributed by atoms with Crippen molar-refractivity contribution in [3.05, 3.63) is 101 Å². The summed E-state index contributed by atoms with van der Waals surface area (Å²) in [5, 5.41) is 3.06.